The van der Waals surface area contributed by atoms with Crippen LogP contribution < -0.4 is 10.5 Å². The van der Waals surface area contributed by atoms with Crippen molar-refractivity contribution in [3.05, 3.63) is 34.6 Å². The van der Waals surface area contributed by atoms with Gasteiger partial charge in [-0.1, -0.05) is 25.6 Å². The fraction of sp³-hybridized carbons (Fsp3) is 0.474. The van der Waals surface area contributed by atoms with Crippen molar-refractivity contribution in [2.24, 2.45) is 11.1 Å². The van der Waals surface area contributed by atoms with E-state index in [4.69, 9.17) is 5.14 Å². The number of anilines is 1. The number of benzene rings is 1. The van der Waals surface area contributed by atoms with Crippen LogP contribution in [0.2, 0.25) is 0 Å². The van der Waals surface area contributed by atoms with Crippen molar-refractivity contribution >= 4 is 33.4 Å². The molecule has 0 saturated heterocycles. The normalized spacial score (nSPS) is 11.9. The molecule has 1 heterocycles. The van der Waals surface area contributed by atoms with Crippen molar-refractivity contribution in [1.82, 2.24) is 9.55 Å². The van der Waals surface area contributed by atoms with E-state index in [0.29, 0.717) is 11.6 Å². The molecule has 0 unspecified atom stereocenters. The van der Waals surface area contributed by atoms with Crippen LogP contribution in [0.4, 0.5) is 5.69 Å². The number of nitrogens with one attached hydrogen (secondary N) is 1. The summed E-state index contributed by atoms with van der Waals surface area (Å²) in [7, 11) is -3.84. The second-order valence-electron chi connectivity index (χ2n) is 7.36. The average molecular weight is 425 g/mol. The Hall–Kier alpha value is -1.84. The van der Waals surface area contributed by atoms with E-state index < -0.39 is 10.0 Å². The van der Waals surface area contributed by atoms with Crippen LogP contribution in [0.25, 0.3) is 0 Å². The number of hydrogen-bond donors (Lipinski definition) is 2. The summed E-state index contributed by atoms with van der Waals surface area (Å²) < 4.78 is 25.4. The van der Waals surface area contributed by atoms with Crippen LogP contribution in [-0.4, -0.2) is 29.6 Å². The van der Waals surface area contributed by atoms with Crippen molar-refractivity contribution in [3.8, 4) is 0 Å². The third-order valence-corrected chi connectivity index (χ3v) is 6.42. The van der Waals surface area contributed by atoms with Crippen molar-refractivity contribution in [2.45, 2.75) is 58.1 Å². The summed E-state index contributed by atoms with van der Waals surface area (Å²) in [4.78, 5) is 17.0. The number of aromatic nitrogens is 2. The number of sulfonamides is 1. The molecule has 0 spiro atoms. The lowest BCUT2D eigenvalue weighted by Gasteiger charge is -2.14. The molecule has 0 atom stereocenters. The highest BCUT2D eigenvalue weighted by Gasteiger charge is 2.17. The number of carbonyl (C=O) groups is 1. The van der Waals surface area contributed by atoms with E-state index in [1.807, 2.05) is 20.8 Å². The van der Waals surface area contributed by atoms with Crippen molar-refractivity contribution < 1.29 is 13.2 Å². The minimum absolute atomic E-state index is 0.0164. The van der Waals surface area contributed by atoms with Gasteiger partial charge in [-0.25, -0.2) is 18.5 Å². The summed E-state index contributed by atoms with van der Waals surface area (Å²) in [6, 6.07) is 2.90. The smallest absolute Gasteiger partial charge is 0.238 e. The Kier molecular flexibility index (Phi) is 6.95. The van der Waals surface area contributed by atoms with Gasteiger partial charge < -0.3 is 9.88 Å². The predicted octanol–water partition coefficient (Wildman–Crippen LogP) is 3.15. The number of rotatable bonds is 7. The van der Waals surface area contributed by atoms with Gasteiger partial charge in [0, 0.05) is 17.9 Å². The highest BCUT2D eigenvalue weighted by molar-refractivity contribution is 7.99. The largest absolute Gasteiger partial charge is 0.325 e. The summed E-state index contributed by atoms with van der Waals surface area (Å²) in [6.07, 6.45) is 0. The molecule has 0 aliphatic heterocycles. The molecule has 0 fully saturated rings. The van der Waals surface area contributed by atoms with E-state index >= 15 is 0 Å². The number of hydrogen-bond acceptors (Lipinski definition) is 5. The molecule has 0 radical (unpaired) electrons. The molecule has 7 nitrogen and oxygen atoms in total. The summed E-state index contributed by atoms with van der Waals surface area (Å²) in [5.41, 5.74) is 4.05. The molecule has 0 aliphatic rings. The summed E-state index contributed by atoms with van der Waals surface area (Å²) in [6.45, 7) is 12.7. The molecule has 1 aromatic carbocycles. The monoisotopic (exact) mass is 424 g/mol. The first kappa shape index (κ1) is 22.4. The Balaban J connectivity index is 2.16. The molecule has 3 N–H and O–H groups in total. The van der Waals surface area contributed by atoms with Crippen LogP contribution in [0.3, 0.4) is 0 Å². The Morgan fingerprint density at radius 1 is 1.25 bits per heavy atom. The van der Waals surface area contributed by atoms with E-state index in [1.54, 1.807) is 6.92 Å². The van der Waals surface area contributed by atoms with E-state index in [-0.39, 0.29) is 16.6 Å². The molecule has 0 aliphatic carbocycles. The number of amides is 1. The Morgan fingerprint density at radius 2 is 1.89 bits per heavy atom. The lowest BCUT2D eigenvalue weighted by molar-refractivity contribution is -0.113. The van der Waals surface area contributed by atoms with Crippen molar-refractivity contribution in [2.75, 3.05) is 11.1 Å². The van der Waals surface area contributed by atoms with E-state index in [2.05, 4.69) is 28.7 Å². The second kappa shape index (κ2) is 8.67. The van der Waals surface area contributed by atoms with Crippen LogP contribution in [-0.2, 0) is 21.4 Å². The molecule has 28 heavy (non-hydrogen) atoms. The van der Waals surface area contributed by atoms with Gasteiger partial charge in [-0.15, -0.1) is 0 Å². The third-order valence-electron chi connectivity index (χ3n) is 4.55. The first-order valence-electron chi connectivity index (χ1n) is 9.00. The van der Waals surface area contributed by atoms with E-state index in [1.165, 1.54) is 23.9 Å². The standard InChI is InChI=1S/C19H28N4O3S2/c1-11(2)9-23-15(6)14(5)21-19(23)27-10-18(24)22-17-8-16(28(20,25)26)7-12(3)13(17)4/h7-8,11H,9-10H2,1-6H3,(H,22,24)(H2,20,25,26). The number of nitrogens with zero attached hydrogens (tertiary/aromatic N) is 2. The van der Waals surface area contributed by atoms with Gasteiger partial charge in [-0.3, -0.25) is 4.79 Å². The zero-order valence-electron chi connectivity index (χ0n) is 17.2. The fourth-order valence-corrected chi connectivity index (χ4v) is 4.27. The first-order valence-corrected chi connectivity index (χ1v) is 11.5. The average Bonchev–Trinajstić information content (AvgIpc) is 2.83. The molecule has 2 rings (SSSR count). The SMILES string of the molecule is Cc1cc(S(N)(=O)=O)cc(NC(=O)CSc2nc(C)c(C)n2CC(C)C)c1C. The quantitative estimate of drug-likeness (QED) is 0.664. The van der Waals surface area contributed by atoms with Crippen LogP contribution in [0.1, 0.15) is 36.4 Å². The number of carbonyl (C=O) groups excluding carboxylic acids is 1. The topological polar surface area (TPSA) is 107 Å². The van der Waals surface area contributed by atoms with Gasteiger partial charge in [0.2, 0.25) is 15.9 Å². The first-order chi connectivity index (χ1) is 12.9. The molecule has 9 heteroatoms. The maximum Gasteiger partial charge on any atom is 0.238 e. The highest BCUT2D eigenvalue weighted by Crippen LogP contribution is 2.25. The third kappa shape index (κ3) is 5.36. The number of thioether (sulfide) groups is 1. The molecule has 2 aromatic rings. The van der Waals surface area contributed by atoms with Gasteiger partial charge in [0.15, 0.2) is 5.16 Å². The van der Waals surface area contributed by atoms with Crippen LogP contribution >= 0.6 is 11.8 Å². The molecule has 1 amide bonds. The molecular weight excluding hydrogens is 396 g/mol. The number of aryl methyl sites for hydroxylation is 2. The highest BCUT2D eigenvalue weighted by atomic mass is 32.2. The zero-order chi connectivity index (χ0) is 21.2. The Labute approximate surface area is 171 Å². The Morgan fingerprint density at radius 3 is 2.46 bits per heavy atom. The number of primary sulfonamides is 1. The molecular formula is C19H28N4O3S2. The molecule has 1 aromatic heterocycles. The number of imidazole rings is 1. The molecule has 154 valence electrons. The van der Waals surface area contributed by atoms with E-state index in [9.17, 15) is 13.2 Å². The van der Waals surface area contributed by atoms with Gasteiger partial charge in [0.25, 0.3) is 0 Å². The summed E-state index contributed by atoms with van der Waals surface area (Å²) in [5, 5.41) is 8.84. The minimum atomic E-state index is -3.84. The maximum atomic E-state index is 12.5. The number of nitrogens with two attached hydrogens (primary N) is 1. The Bertz CT molecular complexity index is 995. The van der Waals surface area contributed by atoms with Crippen LogP contribution in [0.15, 0.2) is 22.2 Å². The van der Waals surface area contributed by atoms with Gasteiger partial charge in [0.1, 0.15) is 0 Å². The fourth-order valence-electron chi connectivity index (χ4n) is 2.75. The van der Waals surface area contributed by atoms with Gasteiger partial charge in [-0.2, -0.15) is 0 Å². The van der Waals surface area contributed by atoms with Gasteiger partial charge in [-0.05, 0) is 56.9 Å². The van der Waals surface area contributed by atoms with Crippen LogP contribution in [0.5, 0.6) is 0 Å². The van der Waals surface area contributed by atoms with E-state index in [0.717, 1.165) is 34.2 Å². The molecule has 0 saturated carbocycles. The predicted molar refractivity (Wildman–Crippen MR) is 113 cm³/mol. The minimum Gasteiger partial charge on any atom is -0.325 e. The summed E-state index contributed by atoms with van der Waals surface area (Å²) in [5.74, 6) is 0.409. The molecule has 0 bridgehead atoms. The van der Waals surface area contributed by atoms with Gasteiger partial charge >= 0.3 is 0 Å². The zero-order valence-corrected chi connectivity index (χ0v) is 18.8. The lowest BCUT2D eigenvalue weighted by atomic mass is 10.1. The second-order valence-corrected chi connectivity index (χ2v) is 9.87. The van der Waals surface area contributed by atoms with Crippen molar-refractivity contribution in [1.29, 1.82) is 0 Å². The lowest BCUT2D eigenvalue weighted by Crippen LogP contribution is -2.18. The summed E-state index contributed by atoms with van der Waals surface area (Å²) >= 11 is 1.37. The van der Waals surface area contributed by atoms with Crippen molar-refractivity contribution in [3.63, 3.8) is 0 Å². The van der Waals surface area contributed by atoms with Gasteiger partial charge in [0.05, 0.1) is 16.3 Å². The maximum absolute atomic E-state index is 12.5. The van der Waals surface area contributed by atoms with Crippen LogP contribution in [0, 0.1) is 33.6 Å².